The third kappa shape index (κ3) is 4.06. The van der Waals surface area contributed by atoms with E-state index in [0.717, 1.165) is 67.9 Å². The Bertz CT molecular complexity index is 1340. The molecule has 3 aliphatic rings. The molecule has 0 bridgehead atoms. The number of carbonyl (C=O) groups excluding carboxylic acids is 2. The number of esters is 1. The van der Waals surface area contributed by atoms with E-state index >= 15 is 0 Å². The van der Waals surface area contributed by atoms with Gasteiger partial charge in [-0.15, -0.1) is 0 Å². The Hall–Kier alpha value is -3.43. The normalized spacial score (nSPS) is 19.8. The lowest BCUT2D eigenvalue weighted by Gasteiger charge is -2.38. The first-order valence-electron chi connectivity index (χ1n) is 13.2. The van der Waals surface area contributed by atoms with E-state index in [1.807, 2.05) is 31.2 Å². The maximum absolute atomic E-state index is 13.9. The summed E-state index contributed by atoms with van der Waals surface area (Å²) in [6, 6.07) is 9.60. The lowest BCUT2D eigenvalue weighted by molar-refractivity contribution is -0.148. The topological polar surface area (TPSA) is 99.3 Å². The van der Waals surface area contributed by atoms with Gasteiger partial charge in [-0.2, -0.15) is 0 Å². The number of benzene rings is 2. The molecule has 9 nitrogen and oxygen atoms in total. The minimum Gasteiger partial charge on any atom is -0.466 e. The number of nitrogens with zero attached hydrogens (tertiary/aromatic N) is 4. The van der Waals surface area contributed by atoms with Crippen molar-refractivity contribution in [1.29, 1.82) is 0 Å². The van der Waals surface area contributed by atoms with Crippen molar-refractivity contribution in [3.8, 4) is 11.3 Å². The minimum absolute atomic E-state index is 0.0381. The highest BCUT2D eigenvalue weighted by atomic mass is 16.5. The summed E-state index contributed by atoms with van der Waals surface area (Å²) >= 11 is 0. The third-order valence-corrected chi connectivity index (χ3v) is 7.87. The molecule has 2 fully saturated rings. The van der Waals surface area contributed by atoms with Crippen molar-refractivity contribution >= 4 is 34.0 Å². The van der Waals surface area contributed by atoms with Crippen LogP contribution in [-0.4, -0.2) is 85.9 Å². The molecule has 2 saturated heterocycles. The zero-order chi connectivity index (χ0) is 25.5. The Morgan fingerprint density at radius 2 is 1.89 bits per heavy atom. The number of piperidine rings is 1. The van der Waals surface area contributed by atoms with Gasteiger partial charge in [-0.25, -0.2) is 0 Å². The minimum atomic E-state index is -0.227. The summed E-state index contributed by atoms with van der Waals surface area (Å²) in [5.41, 5.74) is 4.46. The maximum Gasteiger partial charge on any atom is 0.310 e. The lowest BCUT2D eigenvalue weighted by atomic mass is 9.85. The molecule has 0 radical (unpaired) electrons. The summed E-state index contributed by atoms with van der Waals surface area (Å²) in [7, 11) is 0. The number of ether oxygens (including phenoxy) is 1. The number of carbonyl (C=O) groups is 2. The van der Waals surface area contributed by atoms with Gasteiger partial charge in [0.1, 0.15) is 5.52 Å². The molecule has 194 valence electrons. The van der Waals surface area contributed by atoms with Crippen molar-refractivity contribution in [2.24, 2.45) is 5.92 Å². The number of rotatable bonds is 6. The number of fused-ring (bicyclic) bond motifs is 2. The fourth-order valence-electron chi connectivity index (χ4n) is 6.02. The second-order valence-corrected chi connectivity index (χ2v) is 9.99. The zero-order valence-electron chi connectivity index (χ0n) is 21.1. The molecular formula is C28H32N4O5. The van der Waals surface area contributed by atoms with Gasteiger partial charge in [0.05, 0.1) is 41.5 Å². The van der Waals surface area contributed by atoms with Crippen LogP contribution in [0.25, 0.3) is 22.2 Å². The Labute approximate surface area is 215 Å². The number of hydrogen-bond donors (Lipinski definition) is 1. The summed E-state index contributed by atoms with van der Waals surface area (Å²) in [5.74, 6) is 0.185. The van der Waals surface area contributed by atoms with Crippen molar-refractivity contribution in [3.63, 3.8) is 0 Å². The summed E-state index contributed by atoms with van der Waals surface area (Å²) < 4.78 is 11.3. The number of aromatic nitrogens is 1. The second-order valence-electron chi connectivity index (χ2n) is 9.99. The van der Waals surface area contributed by atoms with E-state index in [-0.39, 0.29) is 24.3 Å². The highest BCUT2D eigenvalue weighted by Gasteiger charge is 2.37. The molecule has 37 heavy (non-hydrogen) atoms. The van der Waals surface area contributed by atoms with Crippen LogP contribution in [0.5, 0.6) is 0 Å². The largest absolute Gasteiger partial charge is 0.466 e. The number of aliphatic hydroxyl groups is 1. The van der Waals surface area contributed by atoms with Gasteiger partial charge in [0, 0.05) is 56.9 Å². The van der Waals surface area contributed by atoms with Crippen molar-refractivity contribution in [1.82, 2.24) is 10.1 Å². The van der Waals surface area contributed by atoms with Crippen LogP contribution < -0.4 is 9.80 Å². The fourth-order valence-corrected chi connectivity index (χ4v) is 6.02. The van der Waals surface area contributed by atoms with Gasteiger partial charge in [0.25, 0.3) is 0 Å². The van der Waals surface area contributed by atoms with E-state index in [9.17, 15) is 14.7 Å². The van der Waals surface area contributed by atoms with E-state index in [1.54, 1.807) is 0 Å². The summed E-state index contributed by atoms with van der Waals surface area (Å²) in [6.07, 6.45) is 1.62. The van der Waals surface area contributed by atoms with Crippen LogP contribution in [0.2, 0.25) is 0 Å². The van der Waals surface area contributed by atoms with Crippen molar-refractivity contribution in [2.75, 3.05) is 68.8 Å². The van der Waals surface area contributed by atoms with Gasteiger partial charge in [0.15, 0.2) is 11.5 Å². The lowest BCUT2D eigenvalue weighted by Crippen LogP contribution is -2.47. The van der Waals surface area contributed by atoms with E-state index in [0.29, 0.717) is 42.1 Å². The SMILES string of the molecule is CCOC(=O)[C@H]1CCCN(c2cc(N3CCN(CCO)CC3)c3noc4c3c2C(=O)c2ccccc2-4)C1. The zero-order valence-corrected chi connectivity index (χ0v) is 21.1. The number of β-amino-alcohol motifs (C(OH)–C–C–N with tert-alkyl or cyclic N) is 1. The molecule has 0 amide bonds. The highest BCUT2D eigenvalue weighted by molar-refractivity contribution is 6.28. The molecule has 2 aromatic carbocycles. The summed E-state index contributed by atoms with van der Waals surface area (Å²) in [5, 5.41) is 14.6. The van der Waals surface area contributed by atoms with E-state index in [2.05, 4.69) is 25.9 Å². The van der Waals surface area contributed by atoms with E-state index in [1.165, 1.54) is 0 Å². The quantitative estimate of drug-likeness (QED) is 0.397. The highest BCUT2D eigenvalue weighted by Crippen LogP contribution is 2.47. The van der Waals surface area contributed by atoms with E-state index < -0.39 is 0 Å². The van der Waals surface area contributed by atoms with Crippen LogP contribution >= 0.6 is 0 Å². The molecule has 9 heteroatoms. The third-order valence-electron chi connectivity index (χ3n) is 7.87. The van der Waals surface area contributed by atoms with Crippen molar-refractivity contribution in [2.45, 2.75) is 19.8 Å². The van der Waals surface area contributed by atoms with Crippen LogP contribution in [0.15, 0.2) is 34.9 Å². The molecule has 3 heterocycles. The van der Waals surface area contributed by atoms with Gasteiger partial charge < -0.3 is 24.2 Å². The Morgan fingerprint density at radius 1 is 1.11 bits per heavy atom. The van der Waals surface area contributed by atoms with Crippen LogP contribution in [0.3, 0.4) is 0 Å². The first-order valence-corrected chi connectivity index (χ1v) is 13.2. The van der Waals surface area contributed by atoms with Crippen LogP contribution in [-0.2, 0) is 9.53 Å². The van der Waals surface area contributed by atoms with Crippen molar-refractivity contribution < 1.29 is 24.0 Å². The first kappa shape index (κ1) is 23.9. The molecule has 1 aliphatic carbocycles. The van der Waals surface area contributed by atoms with Crippen LogP contribution in [0.1, 0.15) is 35.7 Å². The number of aliphatic hydroxyl groups excluding tert-OH is 1. The van der Waals surface area contributed by atoms with Crippen molar-refractivity contribution in [3.05, 3.63) is 41.5 Å². The number of piperazine rings is 1. The first-order chi connectivity index (χ1) is 18.1. The monoisotopic (exact) mass is 504 g/mol. The van der Waals surface area contributed by atoms with Gasteiger partial charge in [-0.3, -0.25) is 14.5 Å². The molecule has 0 spiro atoms. The summed E-state index contributed by atoms with van der Waals surface area (Å²) in [4.78, 5) is 33.3. The number of ketones is 1. The van der Waals surface area contributed by atoms with Gasteiger partial charge in [-0.05, 0) is 25.8 Å². The van der Waals surface area contributed by atoms with Gasteiger partial charge in [-0.1, -0.05) is 29.4 Å². The molecule has 2 aliphatic heterocycles. The van der Waals surface area contributed by atoms with Crippen LogP contribution in [0, 0.1) is 5.92 Å². The average molecular weight is 505 g/mol. The predicted octanol–water partition coefficient (Wildman–Crippen LogP) is 2.93. The Balaban J connectivity index is 1.47. The second kappa shape index (κ2) is 9.79. The molecular weight excluding hydrogens is 472 g/mol. The number of anilines is 2. The molecule has 1 aromatic heterocycles. The van der Waals surface area contributed by atoms with Gasteiger partial charge >= 0.3 is 5.97 Å². The maximum atomic E-state index is 13.9. The van der Waals surface area contributed by atoms with Crippen LogP contribution in [0.4, 0.5) is 11.4 Å². The molecule has 0 saturated carbocycles. The Kier molecular flexibility index (Phi) is 6.34. The average Bonchev–Trinajstić information content (AvgIpc) is 3.38. The summed E-state index contributed by atoms with van der Waals surface area (Å²) in [6.45, 7) is 7.50. The Morgan fingerprint density at radius 3 is 2.65 bits per heavy atom. The molecule has 6 rings (SSSR count). The fraction of sp³-hybridized carbons (Fsp3) is 0.464. The number of hydrogen-bond acceptors (Lipinski definition) is 9. The molecule has 1 atom stereocenters. The smallest absolute Gasteiger partial charge is 0.310 e. The standard InChI is InChI=1S/C28H32N4O5/c1-2-36-28(35)18-6-5-9-32(17-18)21-16-22(31-12-10-30(11-13-31)14-15-33)25-24-23(21)26(34)19-7-3-4-8-20(19)27(24)37-29-25/h3-4,7-8,16,18,33H,2,5-6,9-15,17H2,1H3/t18-/m0/s1. The molecule has 0 unspecified atom stereocenters. The molecule has 3 aromatic rings. The molecule has 1 N–H and O–H groups in total. The van der Waals surface area contributed by atoms with Gasteiger partial charge in [0.2, 0.25) is 0 Å². The van der Waals surface area contributed by atoms with E-state index in [4.69, 9.17) is 9.26 Å². The predicted molar refractivity (Wildman–Crippen MR) is 140 cm³/mol.